The van der Waals surface area contributed by atoms with Crippen molar-refractivity contribution in [2.24, 2.45) is 0 Å². The molecule has 1 N–H and O–H groups in total. The first-order valence-corrected chi connectivity index (χ1v) is 6.86. The highest BCUT2D eigenvalue weighted by Gasteiger charge is 2.27. The first-order valence-electron chi connectivity index (χ1n) is 6.86. The van der Waals surface area contributed by atoms with E-state index in [9.17, 15) is 14.9 Å². The molecule has 0 spiro atoms. The molecule has 1 aromatic rings. The number of nitrogens with one attached hydrogen (secondary N) is 1. The molecule has 1 atom stereocenters. The number of likely N-dealkylation sites (N-methyl/N-ethyl adjacent to an activating group) is 1. The Bertz CT molecular complexity index is 559. The molecule has 0 bridgehead atoms. The number of nitro benzene ring substituents is 1. The van der Waals surface area contributed by atoms with Crippen LogP contribution in [0.1, 0.15) is 16.8 Å². The molecule has 0 aliphatic carbocycles. The van der Waals surface area contributed by atoms with Crippen LogP contribution in [0.2, 0.25) is 0 Å². The van der Waals surface area contributed by atoms with Crippen LogP contribution in [0.25, 0.3) is 0 Å². The maximum atomic E-state index is 12.0. The molecule has 2 rings (SSSR count). The number of rotatable bonds is 4. The standard InChI is InChI=1S/C14H20N4O3/c1-15-11-6-7-17(9-11)13-8-10(14(19)16(2)3)4-5-12(13)18(20)21/h4-5,8,11,15H,6-7,9H2,1-3H3. The van der Waals surface area contributed by atoms with Gasteiger partial charge in [-0.3, -0.25) is 14.9 Å². The van der Waals surface area contributed by atoms with Gasteiger partial charge in [-0.25, -0.2) is 0 Å². The van der Waals surface area contributed by atoms with Crippen molar-refractivity contribution in [3.63, 3.8) is 0 Å². The highest BCUT2D eigenvalue weighted by molar-refractivity contribution is 5.95. The summed E-state index contributed by atoms with van der Waals surface area (Å²) in [4.78, 5) is 26.3. The summed E-state index contributed by atoms with van der Waals surface area (Å²) < 4.78 is 0. The third kappa shape index (κ3) is 3.13. The van der Waals surface area contributed by atoms with Crippen LogP contribution in [0.5, 0.6) is 0 Å². The van der Waals surface area contributed by atoms with Crippen LogP contribution in [0.4, 0.5) is 11.4 Å². The van der Waals surface area contributed by atoms with Crippen molar-refractivity contribution in [1.82, 2.24) is 10.2 Å². The van der Waals surface area contributed by atoms with Gasteiger partial charge in [0.2, 0.25) is 0 Å². The Hall–Kier alpha value is -2.15. The molecule has 7 nitrogen and oxygen atoms in total. The lowest BCUT2D eigenvalue weighted by Gasteiger charge is -2.20. The Kier molecular flexibility index (Phi) is 4.42. The number of carbonyl (C=O) groups excluding carboxylic acids is 1. The predicted molar refractivity (Wildman–Crippen MR) is 80.8 cm³/mol. The highest BCUT2D eigenvalue weighted by Crippen LogP contribution is 2.32. The summed E-state index contributed by atoms with van der Waals surface area (Å²) >= 11 is 0. The molecule has 1 saturated heterocycles. The third-order valence-corrected chi connectivity index (χ3v) is 3.76. The molecule has 1 aromatic carbocycles. The second kappa shape index (κ2) is 6.09. The fourth-order valence-corrected chi connectivity index (χ4v) is 2.54. The SMILES string of the molecule is CNC1CCN(c2cc(C(=O)N(C)C)ccc2[N+](=O)[O-])C1. The minimum Gasteiger partial charge on any atom is -0.364 e. The van der Waals surface area contributed by atoms with Gasteiger partial charge in [0, 0.05) is 44.9 Å². The molecule has 1 fully saturated rings. The van der Waals surface area contributed by atoms with E-state index in [-0.39, 0.29) is 11.6 Å². The van der Waals surface area contributed by atoms with E-state index >= 15 is 0 Å². The second-order valence-electron chi connectivity index (χ2n) is 5.38. The van der Waals surface area contributed by atoms with Gasteiger partial charge in [0.1, 0.15) is 5.69 Å². The first-order chi connectivity index (χ1) is 9.93. The Balaban J connectivity index is 2.38. The minimum absolute atomic E-state index is 0.0436. The number of hydrogen-bond acceptors (Lipinski definition) is 5. The van der Waals surface area contributed by atoms with Gasteiger partial charge in [0.05, 0.1) is 4.92 Å². The van der Waals surface area contributed by atoms with Gasteiger partial charge >= 0.3 is 0 Å². The van der Waals surface area contributed by atoms with Crippen molar-refractivity contribution in [1.29, 1.82) is 0 Å². The van der Waals surface area contributed by atoms with E-state index in [4.69, 9.17) is 0 Å². The molecule has 0 saturated carbocycles. The number of nitrogens with zero attached hydrogens (tertiary/aromatic N) is 3. The lowest BCUT2D eigenvalue weighted by molar-refractivity contribution is -0.384. The molecule has 1 unspecified atom stereocenters. The van der Waals surface area contributed by atoms with Crippen LogP contribution in [0, 0.1) is 10.1 Å². The lowest BCUT2D eigenvalue weighted by Crippen LogP contribution is -2.30. The molecular formula is C14H20N4O3. The molecule has 0 aromatic heterocycles. The number of carbonyl (C=O) groups is 1. The van der Waals surface area contributed by atoms with E-state index in [0.29, 0.717) is 23.8 Å². The molecule has 1 aliphatic heterocycles. The lowest BCUT2D eigenvalue weighted by atomic mass is 10.1. The molecule has 1 aliphatic rings. The maximum Gasteiger partial charge on any atom is 0.292 e. The largest absolute Gasteiger partial charge is 0.364 e. The number of nitro groups is 1. The predicted octanol–water partition coefficient (Wildman–Crippen LogP) is 1.09. The van der Waals surface area contributed by atoms with Gasteiger partial charge in [-0.1, -0.05) is 0 Å². The van der Waals surface area contributed by atoms with Gasteiger partial charge in [0.25, 0.3) is 11.6 Å². The van der Waals surface area contributed by atoms with Gasteiger partial charge in [-0.05, 0) is 25.6 Å². The Morgan fingerprint density at radius 3 is 2.71 bits per heavy atom. The van der Waals surface area contributed by atoms with Crippen LogP contribution in [0.15, 0.2) is 18.2 Å². The van der Waals surface area contributed by atoms with Crippen molar-refractivity contribution in [3.8, 4) is 0 Å². The highest BCUT2D eigenvalue weighted by atomic mass is 16.6. The summed E-state index contributed by atoms with van der Waals surface area (Å²) in [7, 11) is 5.21. The fourth-order valence-electron chi connectivity index (χ4n) is 2.54. The van der Waals surface area contributed by atoms with Crippen molar-refractivity contribution < 1.29 is 9.72 Å². The molecular weight excluding hydrogens is 272 g/mol. The van der Waals surface area contributed by atoms with Crippen LogP contribution in [-0.4, -0.2) is 56.0 Å². The smallest absolute Gasteiger partial charge is 0.292 e. The topological polar surface area (TPSA) is 78.7 Å². The van der Waals surface area contributed by atoms with E-state index in [1.807, 2.05) is 11.9 Å². The van der Waals surface area contributed by atoms with Crippen molar-refractivity contribution in [3.05, 3.63) is 33.9 Å². The Morgan fingerprint density at radius 1 is 1.48 bits per heavy atom. The Morgan fingerprint density at radius 2 is 2.19 bits per heavy atom. The van der Waals surface area contributed by atoms with Crippen molar-refractivity contribution in [2.45, 2.75) is 12.5 Å². The quantitative estimate of drug-likeness (QED) is 0.664. The summed E-state index contributed by atoms with van der Waals surface area (Å²) in [6, 6.07) is 4.87. The fraction of sp³-hybridized carbons (Fsp3) is 0.500. The summed E-state index contributed by atoms with van der Waals surface area (Å²) in [5, 5.41) is 14.4. The average Bonchev–Trinajstić information content (AvgIpc) is 2.94. The zero-order chi connectivity index (χ0) is 15.6. The molecule has 114 valence electrons. The van der Waals surface area contributed by atoms with Crippen LogP contribution >= 0.6 is 0 Å². The average molecular weight is 292 g/mol. The van der Waals surface area contributed by atoms with Crippen LogP contribution < -0.4 is 10.2 Å². The number of anilines is 1. The van der Waals surface area contributed by atoms with Gasteiger partial charge in [-0.15, -0.1) is 0 Å². The van der Waals surface area contributed by atoms with Gasteiger partial charge in [-0.2, -0.15) is 0 Å². The van der Waals surface area contributed by atoms with Crippen LogP contribution in [-0.2, 0) is 0 Å². The van der Waals surface area contributed by atoms with E-state index in [0.717, 1.165) is 13.0 Å². The van der Waals surface area contributed by atoms with Gasteiger partial charge in [0.15, 0.2) is 0 Å². The monoisotopic (exact) mass is 292 g/mol. The zero-order valence-electron chi connectivity index (χ0n) is 12.5. The third-order valence-electron chi connectivity index (χ3n) is 3.76. The van der Waals surface area contributed by atoms with E-state index in [1.54, 1.807) is 20.2 Å². The second-order valence-corrected chi connectivity index (χ2v) is 5.38. The van der Waals surface area contributed by atoms with Crippen molar-refractivity contribution in [2.75, 3.05) is 39.1 Å². The summed E-state index contributed by atoms with van der Waals surface area (Å²) in [5.41, 5.74) is 1.03. The summed E-state index contributed by atoms with van der Waals surface area (Å²) in [6.07, 6.45) is 0.930. The van der Waals surface area contributed by atoms with E-state index in [1.165, 1.54) is 17.0 Å². The van der Waals surface area contributed by atoms with E-state index in [2.05, 4.69) is 5.32 Å². The molecule has 21 heavy (non-hydrogen) atoms. The summed E-state index contributed by atoms with van der Waals surface area (Å²) in [6.45, 7) is 1.45. The van der Waals surface area contributed by atoms with Crippen LogP contribution in [0.3, 0.4) is 0 Å². The maximum absolute atomic E-state index is 12.0. The van der Waals surface area contributed by atoms with E-state index < -0.39 is 4.92 Å². The normalized spacial score (nSPS) is 17.9. The number of amides is 1. The molecule has 7 heteroatoms. The molecule has 1 amide bonds. The number of hydrogen-bond donors (Lipinski definition) is 1. The number of benzene rings is 1. The molecule has 0 radical (unpaired) electrons. The zero-order valence-corrected chi connectivity index (χ0v) is 12.5. The Labute approximate surface area is 123 Å². The molecule has 1 heterocycles. The van der Waals surface area contributed by atoms with Gasteiger partial charge < -0.3 is 15.1 Å². The van der Waals surface area contributed by atoms with Crippen molar-refractivity contribution >= 4 is 17.3 Å². The first kappa shape index (κ1) is 15.2. The minimum atomic E-state index is -0.397. The summed E-state index contributed by atoms with van der Waals surface area (Å²) in [5.74, 6) is -0.157.